The average Bonchev–Trinajstić information content (AvgIpc) is 2.54. The zero-order valence-corrected chi connectivity index (χ0v) is 12.7. The second-order valence-electron chi connectivity index (χ2n) is 4.78. The van der Waals surface area contributed by atoms with Crippen molar-refractivity contribution in [2.45, 2.75) is 12.5 Å². The Hall–Kier alpha value is -2.44. The van der Waals surface area contributed by atoms with Gasteiger partial charge >= 0.3 is 0 Å². The second kappa shape index (κ2) is 7.71. The van der Waals surface area contributed by atoms with Gasteiger partial charge in [-0.15, -0.1) is 0 Å². The molecule has 0 fully saturated rings. The summed E-state index contributed by atoms with van der Waals surface area (Å²) in [5, 5.41) is 10.5. The molecule has 120 valence electrons. The molecule has 2 aromatic rings. The van der Waals surface area contributed by atoms with Crippen LogP contribution in [0.2, 0.25) is 5.02 Å². The highest BCUT2D eigenvalue weighted by molar-refractivity contribution is 6.30. The summed E-state index contributed by atoms with van der Waals surface area (Å²) in [6.45, 7) is 0. The average molecular weight is 337 g/mol. The number of carbonyl (C=O) groups excluding carboxylic acids is 2. The van der Waals surface area contributed by atoms with Gasteiger partial charge in [-0.2, -0.15) is 0 Å². The second-order valence-corrected chi connectivity index (χ2v) is 5.22. The predicted octanol–water partition coefficient (Wildman–Crippen LogP) is 2.36. The van der Waals surface area contributed by atoms with Gasteiger partial charge in [0, 0.05) is 10.6 Å². The fourth-order valence-electron chi connectivity index (χ4n) is 1.83. The fourth-order valence-corrected chi connectivity index (χ4v) is 1.96. The summed E-state index contributed by atoms with van der Waals surface area (Å²) in [4.78, 5) is 23.4. The van der Waals surface area contributed by atoms with Crippen LogP contribution in [-0.2, 0) is 4.79 Å². The molecule has 2 aromatic carbocycles. The van der Waals surface area contributed by atoms with E-state index in [0.717, 1.165) is 12.1 Å². The monoisotopic (exact) mass is 336 g/mol. The first kappa shape index (κ1) is 16.9. The van der Waals surface area contributed by atoms with Crippen molar-refractivity contribution < 1.29 is 19.1 Å². The summed E-state index contributed by atoms with van der Waals surface area (Å²) in [5.41, 5.74) is 5.12. The molecule has 0 heterocycles. The number of hydrazine groups is 1. The van der Waals surface area contributed by atoms with Crippen molar-refractivity contribution in [3.8, 4) is 0 Å². The summed E-state index contributed by atoms with van der Waals surface area (Å²) in [6.07, 6.45) is -1.25. The summed E-state index contributed by atoms with van der Waals surface area (Å²) in [7, 11) is 0. The molecule has 0 aromatic heterocycles. The number of amides is 2. The number of halogens is 2. The van der Waals surface area contributed by atoms with Crippen molar-refractivity contribution in [2.75, 3.05) is 0 Å². The lowest BCUT2D eigenvalue weighted by molar-refractivity contribution is -0.123. The number of aliphatic hydroxyl groups is 1. The van der Waals surface area contributed by atoms with E-state index in [9.17, 15) is 19.1 Å². The van der Waals surface area contributed by atoms with Gasteiger partial charge in [-0.05, 0) is 42.0 Å². The van der Waals surface area contributed by atoms with Gasteiger partial charge in [-0.3, -0.25) is 20.4 Å². The third-order valence-corrected chi connectivity index (χ3v) is 3.31. The maximum absolute atomic E-state index is 12.8. The normalized spacial score (nSPS) is 11.6. The van der Waals surface area contributed by atoms with Crippen molar-refractivity contribution in [1.82, 2.24) is 10.9 Å². The number of carbonyl (C=O) groups is 2. The number of rotatable bonds is 4. The van der Waals surface area contributed by atoms with Crippen LogP contribution in [0.15, 0.2) is 48.5 Å². The van der Waals surface area contributed by atoms with Gasteiger partial charge in [0.2, 0.25) is 5.91 Å². The van der Waals surface area contributed by atoms with Crippen LogP contribution in [0.25, 0.3) is 0 Å². The van der Waals surface area contributed by atoms with Crippen LogP contribution in [0.1, 0.15) is 28.4 Å². The third kappa shape index (κ3) is 5.05. The number of benzene rings is 2. The zero-order valence-electron chi connectivity index (χ0n) is 11.9. The lowest BCUT2D eigenvalue weighted by Crippen LogP contribution is -2.42. The maximum Gasteiger partial charge on any atom is 0.269 e. The maximum atomic E-state index is 12.8. The van der Waals surface area contributed by atoms with Crippen LogP contribution in [0.3, 0.4) is 0 Å². The van der Waals surface area contributed by atoms with Crippen LogP contribution < -0.4 is 10.9 Å². The summed E-state index contributed by atoms with van der Waals surface area (Å²) < 4.78 is 12.8. The van der Waals surface area contributed by atoms with Crippen molar-refractivity contribution >= 4 is 23.4 Å². The highest BCUT2D eigenvalue weighted by Gasteiger charge is 2.14. The van der Waals surface area contributed by atoms with Gasteiger partial charge in [0.1, 0.15) is 5.82 Å². The molecule has 0 aliphatic rings. The molecule has 7 heteroatoms. The molecule has 0 bridgehead atoms. The van der Waals surface area contributed by atoms with E-state index in [-0.39, 0.29) is 12.0 Å². The molecular formula is C16H14ClFN2O3. The van der Waals surface area contributed by atoms with Crippen LogP contribution >= 0.6 is 11.6 Å². The largest absolute Gasteiger partial charge is 0.388 e. The van der Waals surface area contributed by atoms with E-state index in [4.69, 9.17) is 11.6 Å². The van der Waals surface area contributed by atoms with Crippen LogP contribution in [0, 0.1) is 5.82 Å². The highest BCUT2D eigenvalue weighted by atomic mass is 35.5. The van der Waals surface area contributed by atoms with Gasteiger partial charge in [-0.25, -0.2) is 4.39 Å². The minimum Gasteiger partial charge on any atom is -0.388 e. The Bertz CT molecular complexity index is 689. The number of hydrogen-bond donors (Lipinski definition) is 3. The van der Waals surface area contributed by atoms with E-state index in [0.29, 0.717) is 10.6 Å². The number of hydrogen-bond acceptors (Lipinski definition) is 3. The van der Waals surface area contributed by atoms with E-state index in [2.05, 4.69) is 10.9 Å². The Morgan fingerprint density at radius 2 is 1.65 bits per heavy atom. The first-order valence-corrected chi connectivity index (χ1v) is 7.12. The Balaban J connectivity index is 1.83. The van der Waals surface area contributed by atoms with Gasteiger partial charge < -0.3 is 5.11 Å². The predicted molar refractivity (Wildman–Crippen MR) is 83.0 cm³/mol. The van der Waals surface area contributed by atoms with E-state index in [1.54, 1.807) is 24.3 Å². The van der Waals surface area contributed by atoms with Crippen molar-refractivity contribution in [3.05, 3.63) is 70.5 Å². The lowest BCUT2D eigenvalue weighted by Gasteiger charge is -2.12. The Morgan fingerprint density at radius 3 is 2.26 bits per heavy atom. The SMILES string of the molecule is O=C(CC(O)c1ccc(Cl)cc1)NNC(=O)c1ccc(F)cc1. The van der Waals surface area contributed by atoms with E-state index in [1.165, 1.54) is 12.1 Å². The van der Waals surface area contributed by atoms with E-state index >= 15 is 0 Å². The fraction of sp³-hybridized carbons (Fsp3) is 0.125. The summed E-state index contributed by atoms with van der Waals surface area (Å²) in [5.74, 6) is -1.61. The molecule has 23 heavy (non-hydrogen) atoms. The summed E-state index contributed by atoms with van der Waals surface area (Å²) in [6, 6.07) is 11.3. The quantitative estimate of drug-likeness (QED) is 0.750. The first-order valence-electron chi connectivity index (χ1n) is 6.74. The first-order chi connectivity index (χ1) is 11.0. The van der Waals surface area contributed by atoms with Crippen molar-refractivity contribution in [3.63, 3.8) is 0 Å². The van der Waals surface area contributed by atoms with Crippen LogP contribution in [0.4, 0.5) is 4.39 Å². The lowest BCUT2D eigenvalue weighted by atomic mass is 10.1. The van der Waals surface area contributed by atoms with Crippen LogP contribution in [-0.4, -0.2) is 16.9 Å². The Labute approximate surface area is 137 Å². The molecule has 1 atom stereocenters. The van der Waals surface area contributed by atoms with Gasteiger partial charge in [0.15, 0.2) is 0 Å². The molecule has 3 N–H and O–H groups in total. The third-order valence-electron chi connectivity index (χ3n) is 3.06. The number of aliphatic hydroxyl groups excluding tert-OH is 1. The highest BCUT2D eigenvalue weighted by Crippen LogP contribution is 2.18. The Morgan fingerprint density at radius 1 is 1.04 bits per heavy atom. The molecule has 5 nitrogen and oxygen atoms in total. The smallest absolute Gasteiger partial charge is 0.269 e. The standard InChI is InChI=1S/C16H14ClFN2O3/c17-12-5-1-10(2-6-12)14(21)9-15(22)19-20-16(23)11-3-7-13(18)8-4-11/h1-8,14,21H,9H2,(H,19,22)(H,20,23). The number of nitrogens with one attached hydrogen (secondary N) is 2. The minimum atomic E-state index is -1.02. The molecule has 2 rings (SSSR count). The molecule has 0 aliphatic heterocycles. The topological polar surface area (TPSA) is 78.4 Å². The van der Waals surface area contributed by atoms with Crippen molar-refractivity contribution in [2.24, 2.45) is 0 Å². The molecule has 0 radical (unpaired) electrons. The van der Waals surface area contributed by atoms with Crippen molar-refractivity contribution in [1.29, 1.82) is 0 Å². The molecule has 2 amide bonds. The molecule has 0 saturated heterocycles. The summed E-state index contributed by atoms with van der Waals surface area (Å²) >= 11 is 5.74. The zero-order chi connectivity index (χ0) is 16.8. The Kier molecular flexibility index (Phi) is 5.67. The van der Waals surface area contributed by atoms with E-state index in [1.807, 2.05) is 0 Å². The molecule has 0 saturated carbocycles. The van der Waals surface area contributed by atoms with Gasteiger partial charge in [-0.1, -0.05) is 23.7 Å². The van der Waals surface area contributed by atoms with Gasteiger partial charge in [0.25, 0.3) is 5.91 Å². The molecular weight excluding hydrogens is 323 g/mol. The van der Waals surface area contributed by atoms with Crippen LogP contribution in [0.5, 0.6) is 0 Å². The van der Waals surface area contributed by atoms with E-state index < -0.39 is 23.7 Å². The molecule has 0 aliphatic carbocycles. The minimum absolute atomic E-state index is 0.199. The molecule has 1 unspecified atom stereocenters. The molecule has 0 spiro atoms. The van der Waals surface area contributed by atoms with Gasteiger partial charge in [0.05, 0.1) is 12.5 Å².